The lowest BCUT2D eigenvalue weighted by Crippen LogP contribution is -2.36. The van der Waals surface area contributed by atoms with E-state index < -0.39 is 0 Å². The van der Waals surface area contributed by atoms with E-state index in [4.69, 9.17) is 21.1 Å². The van der Waals surface area contributed by atoms with Gasteiger partial charge < -0.3 is 9.47 Å². The van der Waals surface area contributed by atoms with Gasteiger partial charge in [0, 0.05) is 22.3 Å². The first-order valence-electron chi connectivity index (χ1n) is 6.45. The van der Waals surface area contributed by atoms with E-state index in [0.29, 0.717) is 5.33 Å². The standard InChI is InChI=1S/C15H20BrClO2/c1-14(2)8-13(15(3,4)19-14)18-12-7-5-6-11(17)10(12)9-16/h5-7,13H,8-9H2,1-4H3. The topological polar surface area (TPSA) is 18.5 Å². The zero-order chi connectivity index (χ0) is 14.3. The van der Waals surface area contributed by atoms with Crippen molar-refractivity contribution >= 4 is 27.5 Å². The van der Waals surface area contributed by atoms with Crippen molar-refractivity contribution in [2.75, 3.05) is 0 Å². The van der Waals surface area contributed by atoms with E-state index in [-0.39, 0.29) is 17.3 Å². The van der Waals surface area contributed by atoms with Crippen LogP contribution in [0, 0.1) is 0 Å². The number of ether oxygens (including phenoxy) is 2. The van der Waals surface area contributed by atoms with Crippen molar-refractivity contribution in [2.45, 2.75) is 56.8 Å². The molecule has 1 aromatic rings. The average Bonchev–Trinajstić information content (AvgIpc) is 2.47. The molecular weight excluding hydrogens is 328 g/mol. The molecule has 1 unspecified atom stereocenters. The van der Waals surface area contributed by atoms with Gasteiger partial charge in [-0.1, -0.05) is 33.6 Å². The third-order valence-corrected chi connectivity index (χ3v) is 4.39. The molecule has 1 saturated heterocycles. The van der Waals surface area contributed by atoms with Gasteiger partial charge in [0.15, 0.2) is 0 Å². The third kappa shape index (κ3) is 3.26. The molecule has 1 aromatic carbocycles. The van der Waals surface area contributed by atoms with Gasteiger partial charge in [0.25, 0.3) is 0 Å². The van der Waals surface area contributed by atoms with Gasteiger partial charge in [-0.2, -0.15) is 0 Å². The SMILES string of the molecule is CC1(C)CC(Oc2cccc(Cl)c2CBr)C(C)(C)O1. The summed E-state index contributed by atoms with van der Waals surface area (Å²) in [7, 11) is 0. The van der Waals surface area contributed by atoms with Gasteiger partial charge in [-0.15, -0.1) is 0 Å². The van der Waals surface area contributed by atoms with E-state index in [1.165, 1.54) is 0 Å². The van der Waals surface area contributed by atoms with Gasteiger partial charge in [-0.05, 0) is 39.8 Å². The lowest BCUT2D eigenvalue weighted by Gasteiger charge is -2.28. The fourth-order valence-electron chi connectivity index (χ4n) is 2.63. The number of hydrogen-bond donors (Lipinski definition) is 0. The number of benzene rings is 1. The van der Waals surface area contributed by atoms with E-state index >= 15 is 0 Å². The minimum Gasteiger partial charge on any atom is -0.487 e. The number of rotatable bonds is 3. The Balaban J connectivity index is 2.25. The summed E-state index contributed by atoms with van der Waals surface area (Å²) in [6.45, 7) is 8.35. The molecule has 0 radical (unpaired) electrons. The summed E-state index contributed by atoms with van der Waals surface area (Å²) in [5.74, 6) is 0.837. The molecule has 0 aromatic heterocycles. The van der Waals surface area contributed by atoms with Crippen LogP contribution in [-0.4, -0.2) is 17.3 Å². The highest BCUT2D eigenvalue weighted by atomic mass is 79.9. The number of hydrogen-bond acceptors (Lipinski definition) is 2. The molecular formula is C15H20BrClO2. The molecule has 1 aliphatic heterocycles. The number of alkyl halides is 1. The molecule has 19 heavy (non-hydrogen) atoms. The van der Waals surface area contributed by atoms with Gasteiger partial charge in [0.2, 0.25) is 0 Å². The summed E-state index contributed by atoms with van der Waals surface area (Å²) in [6.07, 6.45) is 0.896. The summed E-state index contributed by atoms with van der Waals surface area (Å²) in [5, 5.41) is 1.41. The Morgan fingerprint density at radius 1 is 1.37 bits per heavy atom. The molecule has 1 fully saturated rings. The van der Waals surface area contributed by atoms with Gasteiger partial charge >= 0.3 is 0 Å². The number of halogens is 2. The summed E-state index contributed by atoms with van der Waals surface area (Å²) >= 11 is 9.66. The average molecular weight is 348 g/mol. The van der Waals surface area contributed by atoms with Crippen LogP contribution in [0.4, 0.5) is 0 Å². The van der Waals surface area contributed by atoms with Gasteiger partial charge in [0.05, 0.1) is 5.60 Å². The maximum atomic E-state index is 6.20. The minimum absolute atomic E-state index is 0.0266. The van der Waals surface area contributed by atoms with Crippen LogP contribution in [0.3, 0.4) is 0 Å². The Morgan fingerprint density at radius 2 is 2.05 bits per heavy atom. The predicted octanol–water partition coefficient (Wildman–Crippen LogP) is 4.96. The van der Waals surface area contributed by atoms with E-state index in [9.17, 15) is 0 Å². The van der Waals surface area contributed by atoms with Crippen LogP contribution >= 0.6 is 27.5 Å². The van der Waals surface area contributed by atoms with Gasteiger partial charge in [-0.25, -0.2) is 0 Å². The maximum Gasteiger partial charge on any atom is 0.130 e. The summed E-state index contributed by atoms with van der Waals surface area (Å²) in [6, 6.07) is 5.76. The maximum absolute atomic E-state index is 6.20. The van der Waals surface area contributed by atoms with E-state index in [2.05, 4.69) is 43.6 Å². The lowest BCUT2D eigenvalue weighted by atomic mass is 9.97. The van der Waals surface area contributed by atoms with Crippen LogP contribution in [0.5, 0.6) is 5.75 Å². The Morgan fingerprint density at radius 3 is 2.58 bits per heavy atom. The van der Waals surface area contributed by atoms with Crippen molar-refractivity contribution in [2.24, 2.45) is 0 Å². The van der Waals surface area contributed by atoms with Crippen molar-refractivity contribution in [3.63, 3.8) is 0 Å². The second-order valence-corrected chi connectivity index (χ2v) is 7.09. The molecule has 4 heteroatoms. The van der Waals surface area contributed by atoms with Crippen molar-refractivity contribution < 1.29 is 9.47 Å². The van der Waals surface area contributed by atoms with Crippen molar-refractivity contribution in [1.82, 2.24) is 0 Å². The molecule has 0 bridgehead atoms. The molecule has 0 saturated carbocycles. The van der Waals surface area contributed by atoms with Gasteiger partial charge in [-0.3, -0.25) is 0 Å². The molecule has 106 valence electrons. The lowest BCUT2D eigenvalue weighted by molar-refractivity contribution is -0.0846. The highest BCUT2D eigenvalue weighted by Gasteiger charge is 2.47. The van der Waals surface area contributed by atoms with Crippen molar-refractivity contribution in [3.8, 4) is 5.75 Å². The predicted molar refractivity (Wildman–Crippen MR) is 82.4 cm³/mol. The van der Waals surface area contributed by atoms with E-state index in [0.717, 1.165) is 22.8 Å². The summed E-state index contributed by atoms with van der Waals surface area (Å²) < 4.78 is 12.2. The molecule has 0 N–H and O–H groups in total. The zero-order valence-electron chi connectivity index (χ0n) is 11.8. The first-order valence-corrected chi connectivity index (χ1v) is 7.95. The van der Waals surface area contributed by atoms with Crippen LogP contribution < -0.4 is 4.74 Å². The quantitative estimate of drug-likeness (QED) is 0.719. The van der Waals surface area contributed by atoms with E-state index in [1.54, 1.807) is 0 Å². The first kappa shape index (κ1) is 15.1. The minimum atomic E-state index is -0.296. The molecule has 0 spiro atoms. The Hall–Kier alpha value is -0.250. The molecule has 2 rings (SSSR count). The highest BCUT2D eigenvalue weighted by Crippen LogP contribution is 2.40. The molecule has 1 heterocycles. The fraction of sp³-hybridized carbons (Fsp3) is 0.600. The summed E-state index contributed by atoms with van der Waals surface area (Å²) in [4.78, 5) is 0. The molecule has 2 nitrogen and oxygen atoms in total. The normalized spacial score (nSPS) is 24.4. The second kappa shape index (κ2) is 5.27. The molecule has 0 amide bonds. The van der Waals surface area contributed by atoms with Crippen LogP contribution in [-0.2, 0) is 10.1 Å². The van der Waals surface area contributed by atoms with Crippen LogP contribution in [0.15, 0.2) is 18.2 Å². The Kier molecular flexibility index (Phi) is 4.20. The van der Waals surface area contributed by atoms with Crippen LogP contribution in [0.25, 0.3) is 0 Å². The zero-order valence-corrected chi connectivity index (χ0v) is 14.1. The van der Waals surface area contributed by atoms with Crippen LogP contribution in [0.1, 0.15) is 39.7 Å². The smallest absolute Gasteiger partial charge is 0.130 e. The monoisotopic (exact) mass is 346 g/mol. The third-order valence-electron chi connectivity index (χ3n) is 3.47. The highest BCUT2D eigenvalue weighted by molar-refractivity contribution is 9.08. The molecule has 1 aliphatic rings. The summed E-state index contributed by atoms with van der Waals surface area (Å²) in [5.41, 5.74) is 0.543. The van der Waals surface area contributed by atoms with Crippen molar-refractivity contribution in [3.05, 3.63) is 28.8 Å². The Bertz CT molecular complexity index is 471. The largest absolute Gasteiger partial charge is 0.487 e. The van der Waals surface area contributed by atoms with E-state index in [1.807, 2.05) is 18.2 Å². The van der Waals surface area contributed by atoms with Gasteiger partial charge in [0.1, 0.15) is 17.5 Å². The van der Waals surface area contributed by atoms with Crippen molar-refractivity contribution in [1.29, 1.82) is 0 Å². The Labute approximate surface area is 128 Å². The fourth-order valence-corrected chi connectivity index (χ4v) is 3.60. The second-order valence-electron chi connectivity index (χ2n) is 6.13. The molecule has 0 aliphatic carbocycles. The molecule has 1 atom stereocenters. The first-order chi connectivity index (χ1) is 8.75. The van der Waals surface area contributed by atoms with Crippen LogP contribution in [0.2, 0.25) is 5.02 Å².